The Morgan fingerprint density at radius 1 is 1.03 bits per heavy atom. The highest BCUT2D eigenvalue weighted by molar-refractivity contribution is 6.32. The summed E-state index contributed by atoms with van der Waals surface area (Å²) >= 11 is 12.1. The minimum Gasteiger partial charge on any atom is -0.263 e. The highest BCUT2D eigenvalue weighted by Gasteiger charge is 2.29. The topological polar surface area (TPSA) is 105 Å². The average Bonchev–Trinajstić information content (AvgIpc) is 3.28. The van der Waals surface area contributed by atoms with Gasteiger partial charge in [-0.3, -0.25) is 9.67 Å². The molecule has 1 unspecified atom stereocenters. The molecule has 0 aliphatic heterocycles. The third-order valence-electron chi connectivity index (χ3n) is 6.36. The van der Waals surface area contributed by atoms with Crippen molar-refractivity contribution in [1.82, 2.24) is 50.0 Å². The Kier molecular flexibility index (Phi) is 6.32. The second kappa shape index (κ2) is 9.80. The molecule has 10 nitrogen and oxygen atoms in total. The monoisotopic (exact) mass is 560 g/mol. The smallest absolute Gasteiger partial charge is 0.263 e. The van der Waals surface area contributed by atoms with E-state index in [-0.39, 0.29) is 27.5 Å². The van der Waals surface area contributed by atoms with Gasteiger partial charge in [0, 0.05) is 29.1 Å². The maximum atomic E-state index is 15.2. The number of halogens is 5. The Hall–Kier alpha value is -3.84. The van der Waals surface area contributed by atoms with Crippen molar-refractivity contribution in [3.63, 3.8) is 0 Å². The number of benzene rings is 1. The molecular weight excluding hydrogens is 544 g/mol. The zero-order valence-electron chi connectivity index (χ0n) is 19.3. The lowest BCUT2D eigenvalue weighted by atomic mass is 10.0. The van der Waals surface area contributed by atoms with Crippen LogP contribution in [0.25, 0.3) is 28.1 Å². The fourth-order valence-electron chi connectivity index (χ4n) is 4.28. The van der Waals surface area contributed by atoms with Crippen LogP contribution in [0.3, 0.4) is 0 Å². The molecule has 6 rings (SSSR count). The van der Waals surface area contributed by atoms with Crippen molar-refractivity contribution in [2.24, 2.45) is 5.92 Å². The van der Waals surface area contributed by atoms with Crippen LogP contribution in [0.5, 0.6) is 0 Å². The summed E-state index contributed by atoms with van der Waals surface area (Å²) in [5, 5.41) is 22.5. The lowest BCUT2D eigenvalue weighted by molar-refractivity contribution is 0.0549. The summed E-state index contributed by atoms with van der Waals surface area (Å²) in [5.74, 6) is -0.108. The van der Waals surface area contributed by atoms with Gasteiger partial charge < -0.3 is 0 Å². The van der Waals surface area contributed by atoms with Crippen LogP contribution in [-0.4, -0.2) is 50.0 Å². The first kappa shape index (κ1) is 24.5. The van der Waals surface area contributed by atoms with Crippen LogP contribution in [0, 0.1) is 11.7 Å². The van der Waals surface area contributed by atoms with Crippen LogP contribution in [0.1, 0.15) is 37.5 Å². The van der Waals surface area contributed by atoms with E-state index in [0.29, 0.717) is 33.1 Å². The third kappa shape index (κ3) is 4.52. The van der Waals surface area contributed by atoms with Crippen molar-refractivity contribution < 1.29 is 13.2 Å². The van der Waals surface area contributed by atoms with Gasteiger partial charge in [0.1, 0.15) is 12.0 Å². The van der Waals surface area contributed by atoms with Crippen molar-refractivity contribution >= 4 is 23.2 Å². The summed E-state index contributed by atoms with van der Waals surface area (Å²) in [7, 11) is 0. The van der Waals surface area contributed by atoms with E-state index in [1.54, 1.807) is 35.3 Å². The Bertz CT molecular complexity index is 1580. The van der Waals surface area contributed by atoms with Crippen molar-refractivity contribution in [2.45, 2.75) is 31.9 Å². The maximum absolute atomic E-state index is 15.2. The minimum atomic E-state index is -2.91. The molecule has 194 valence electrons. The second-order valence-corrected chi connectivity index (χ2v) is 9.60. The van der Waals surface area contributed by atoms with E-state index in [0.717, 1.165) is 19.3 Å². The van der Waals surface area contributed by atoms with E-state index in [4.69, 9.17) is 23.2 Å². The van der Waals surface area contributed by atoms with Crippen LogP contribution in [-0.2, 0) is 0 Å². The van der Waals surface area contributed by atoms with Gasteiger partial charge in [0.2, 0.25) is 0 Å². The molecule has 4 aromatic heterocycles. The summed E-state index contributed by atoms with van der Waals surface area (Å²) in [6.45, 7) is -2.91. The van der Waals surface area contributed by atoms with Crippen LogP contribution in [0.2, 0.25) is 10.2 Å². The van der Waals surface area contributed by atoms with Crippen molar-refractivity contribution in [2.75, 3.05) is 0 Å². The van der Waals surface area contributed by atoms with Gasteiger partial charge in [-0.1, -0.05) is 47.3 Å². The van der Waals surface area contributed by atoms with Gasteiger partial charge in [-0.25, -0.2) is 4.39 Å². The minimum absolute atomic E-state index is 0.0426. The van der Waals surface area contributed by atoms with Gasteiger partial charge in [0.15, 0.2) is 11.0 Å². The quantitative estimate of drug-likeness (QED) is 0.250. The molecule has 0 spiro atoms. The van der Waals surface area contributed by atoms with E-state index in [1.165, 1.54) is 23.3 Å². The molecule has 0 bridgehead atoms. The van der Waals surface area contributed by atoms with E-state index in [1.807, 2.05) is 0 Å². The van der Waals surface area contributed by atoms with Crippen LogP contribution >= 0.6 is 23.2 Å². The number of alkyl halides is 2. The van der Waals surface area contributed by atoms with Crippen LogP contribution in [0.4, 0.5) is 13.2 Å². The summed E-state index contributed by atoms with van der Waals surface area (Å²) in [4.78, 5) is 4.64. The fourth-order valence-corrected chi connectivity index (χ4v) is 4.69. The van der Waals surface area contributed by atoms with Crippen LogP contribution in [0.15, 0.2) is 49.2 Å². The van der Waals surface area contributed by atoms with E-state index >= 15 is 4.39 Å². The third-order valence-corrected chi connectivity index (χ3v) is 7.00. The largest absolute Gasteiger partial charge is 0.335 e. The summed E-state index contributed by atoms with van der Waals surface area (Å²) in [6, 6.07) is 6.36. The molecule has 0 N–H and O–H groups in total. The molecule has 1 fully saturated rings. The summed E-state index contributed by atoms with van der Waals surface area (Å²) in [6.07, 6.45) is 9.07. The molecular formula is C23H17Cl2F3N10. The zero-order chi connectivity index (χ0) is 26.4. The number of hydrogen-bond donors (Lipinski definition) is 0. The standard InChI is InChI=1S/C23H17Cl2F3N10/c24-15-4-6-17(37-11-30-33-35-37)19(20(15)26)13-3-5-16(29-8-13)18(7-12-1-2-12)36-10-14(9-31-36)21-22(25)38(23(27)28)34-32-21/h3-6,8-12,18,23H,1-2,7H2. The number of hydrogen-bond acceptors (Lipinski definition) is 7. The molecule has 1 atom stereocenters. The normalized spacial score (nSPS) is 14.4. The van der Waals surface area contributed by atoms with Gasteiger partial charge in [-0.05, 0) is 41.0 Å². The maximum Gasteiger partial charge on any atom is 0.335 e. The lowest BCUT2D eigenvalue weighted by Gasteiger charge is -2.18. The van der Waals surface area contributed by atoms with Gasteiger partial charge in [-0.15, -0.1) is 10.2 Å². The Morgan fingerprint density at radius 2 is 1.87 bits per heavy atom. The fraction of sp³-hybridized carbons (Fsp3) is 0.261. The molecule has 4 heterocycles. The second-order valence-electron chi connectivity index (χ2n) is 8.84. The molecule has 1 aliphatic carbocycles. The van der Waals surface area contributed by atoms with E-state index in [9.17, 15) is 8.78 Å². The number of nitrogens with zero attached hydrogens (tertiary/aromatic N) is 10. The summed E-state index contributed by atoms with van der Waals surface area (Å²) < 4.78 is 44.7. The highest BCUT2D eigenvalue weighted by Crippen LogP contribution is 2.40. The lowest BCUT2D eigenvalue weighted by Crippen LogP contribution is -2.13. The van der Waals surface area contributed by atoms with Crippen molar-refractivity contribution in [3.8, 4) is 28.1 Å². The number of pyridine rings is 1. The van der Waals surface area contributed by atoms with Gasteiger partial charge in [-0.2, -0.15) is 23.2 Å². The Morgan fingerprint density at radius 3 is 2.53 bits per heavy atom. The molecule has 0 saturated heterocycles. The molecule has 0 amide bonds. The molecule has 0 radical (unpaired) electrons. The average molecular weight is 561 g/mol. The number of aromatic nitrogens is 10. The van der Waals surface area contributed by atoms with Crippen molar-refractivity contribution in [3.05, 3.63) is 70.9 Å². The number of tetrazole rings is 1. The first-order chi connectivity index (χ1) is 18.4. The van der Waals surface area contributed by atoms with Gasteiger partial charge >= 0.3 is 6.55 Å². The molecule has 5 aromatic rings. The predicted octanol–water partition coefficient (Wildman–Crippen LogP) is 5.41. The molecule has 1 saturated carbocycles. The first-order valence-corrected chi connectivity index (χ1v) is 12.3. The van der Waals surface area contributed by atoms with Gasteiger partial charge in [0.05, 0.1) is 28.6 Å². The highest BCUT2D eigenvalue weighted by atomic mass is 35.5. The SMILES string of the molecule is Fc1c(Cl)ccc(-n2cnnn2)c1-c1ccc(C(CC2CC2)n2cc(-c3nnn(C(F)F)c3Cl)cn2)nc1. The molecule has 15 heteroatoms. The van der Waals surface area contributed by atoms with Gasteiger partial charge in [0.25, 0.3) is 0 Å². The van der Waals surface area contributed by atoms with E-state index < -0.39 is 12.4 Å². The predicted molar refractivity (Wildman–Crippen MR) is 130 cm³/mol. The Balaban J connectivity index is 1.35. The first-order valence-electron chi connectivity index (χ1n) is 11.5. The van der Waals surface area contributed by atoms with E-state index in [2.05, 4.69) is 35.9 Å². The summed E-state index contributed by atoms with van der Waals surface area (Å²) in [5.41, 5.74) is 2.36. The molecule has 1 aliphatic rings. The molecule has 1 aromatic carbocycles. The molecule has 38 heavy (non-hydrogen) atoms. The van der Waals surface area contributed by atoms with Crippen molar-refractivity contribution in [1.29, 1.82) is 0 Å². The number of rotatable bonds is 8. The zero-order valence-corrected chi connectivity index (χ0v) is 20.8. The Labute approximate surface area is 223 Å². The van der Waals surface area contributed by atoms with Crippen LogP contribution < -0.4 is 0 Å².